The second-order valence-corrected chi connectivity index (χ2v) is 5.79. The standard InChI is InChI=1S/C16H24N2O2.ClH/c1-10-6-11(2)13(12(3)7-10)8-16(20)18-14-4-5-17-9-15(14)19;/h6-7,14-15,17,19H,4-5,8-9H2,1-3H3,(H,18,20);1H/t14-,15-;/m1./s1. The maximum Gasteiger partial charge on any atom is 0.224 e. The van der Waals surface area contributed by atoms with Crippen molar-refractivity contribution in [3.63, 3.8) is 0 Å². The van der Waals surface area contributed by atoms with E-state index >= 15 is 0 Å². The molecule has 0 spiro atoms. The van der Waals surface area contributed by atoms with Gasteiger partial charge in [0.2, 0.25) is 5.91 Å². The van der Waals surface area contributed by atoms with Crippen LogP contribution in [0.1, 0.15) is 28.7 Å². The third kappa shape index (κ3) is 4.70. The molecule has 1 saturated heterocycles. The highest BCUT2D eigenvalue weighted by Crippen LogP contribution is 2.17. The summed E-state index contributed by atoms with van der Waals surface area (Å²) >= 11 is 0. The lowest BCUT2D eigenvalue weighted by Gasteiger charge is -2.29. The summed E-state index contributed by atoms with van der Waals surface area (Å²) in [6, 6.07) is 4.08. The number of hydrogen-bond donors (Lipinski definition) is 3. The zero-order valence-corrected chi connectivity index (χ0v) is 13.7. The van der Waals surface area contributed by atoms with Crippen LogP contribution in [0.15, 0.2) is 12.1 Å². The van der Waals surface area contributed by atoms with Crippen molar-refractivity contribution in [3.8, 4) is 0 Å². The summed E-state index contributed by atoms with van der Waals surface area (Å²) in [4.78, 5) is 12.2. The number of aryl methyl sites for hydroxylation is 3. The molecule has 0 bridgehead atoms. The van der Waals surface area contributed by atoms with E-state index in [0.29, 0.717) is 13.0 Å². The Kier molecular flexibility index (Phi) is 6.65. The number of benzene rings is 1. The highest BCUT2D eigenvalue weighted by molar-refractivity contribution is 5.85. The van der Waals surface area contributed by atoms with Crippen molar-refractivity contribution in [3.05, 3.63) is 34.4 Å². The smallest absolute Gasteiger partial charge is 0.224 e. The normalized spacial score (nSPS) is 21.5. The van der Waals surface area contributed by atoms with Crippen molar-refractivity contribution in [1.29, 1.82) is 0 Å². The molecule has 0 radical (unpaired) electrons. The Morgan fingerprint density at radius 1 is 1.33 bits per heavy atom. The van der Waals surface area contributed by atoms with Crippen LogP contribution in [-0.4, -0.2) is 36.2 Å². The van der Waals surface area contributed by atoms with E-state index in [1.54, 1.807) is 0 Å². The average Bonchev–Trinajstić information content (AvgIpc) is 2.36. The largest absolute Gasteiger partial charge is 0.390 e. The third-order valence-electron chi connectivity index (χ3n) is 3.97. The van der Waals surface area contributed by atoms with Crippen molar-refractivity contribution in [1.82, 2.24) is 10.6 Å². The molecule has 1 fully saturated rings. The van der Waals surface area contributed by atoms with Gasteiger partial charge in [-0.1, -0.05) is 17.7 Å². The van der Waals surface area contributed by atoms with Gasteiger partial charge in [-0.15, -0.1) is 12.4 Å². The molecule has 0 aliphatic carbocycles. The van der Waals surface area contributed by atoms with Crippen LogP contribution in [-0.2, 0) is 11.2 Å². The van der Waals surface area contributed by atoms with E-state index in [1.807, 2.05) is 13.8 Å². The molecule has 2 rings (SSSR count). The van der Waals surface area contributed by atoms with Gasteiger partial charge in [0.15, 0.2) is 0 Å². The SMILES string of the molecule is Cc1cc(C)c(CC(=O)N[C@@H]2CCNC[C@H]2O)c(C)c1.Cl. The summed E-state index contributed by atoms with van der Waals surface area (Å²) in [6.07, 6.45) is 0.667. The van der Waals surface area contributed by atoms with Gasteiger partial charge in [0.1, 0.15) is 0 Å². The predicted octanol–water partition coefficient (Wildman–Crippen LogP) is 1.42. The molecular formula is C16H25ClN2O2. The summed E-state index contributed by atoms with van der Waals surface area (Å²) in [5.74, 6) is -0.00833. The number of β-amino-alcohol motifs (C(OH)–C–C–N with tert-alkyl or cyclic N) is 1. The number of carbonyl (C=O) groups excluding carboxylic acids is 1. The van der Waals surface area contributed by atoms with Gasteiger partial charge < -0.3 is 15.7 Å². The number of carbonyl (C=O) groups is 1. The fourth-order valence-electron chi connectivity index (χ4n) is 2.92. The first-order chi connectivity index (χ1) is 9.47. The number of aliphatic hydroxyl groups is 1. The van der Waals surface area contributed by atoms with Crippen LogP contribution < -0.4 is 10.6 Å². The minimum Gasteiger partial charge on any atom is -0.390 e. The van der Waals surface area contributed by atoms with Gasteiger partial charge in [0, 0.05) is 6.54 Å². The monoisotopic (exact) mass is 312 g/mol. The topological polar surface area (TPSA) is 61.4 Å². The molecule has 21 heavy (non-hydrogen) atoms. The first-order valence-electron chi connectivity index (χ1n) is 7.22. The van der Waals surface area contributed by atoms with Crippen LogP contribution in [0.25, 0.3) is 0 Å². The maximum absolute atomic E-state index is 12.2. The number of aliphatic hydroxyl groups excluding tert-OH is 1. The number of piperidine rings is 1. The number of nitrogens with one attached hydrogen (secondary N) is 2. The molecule has 3 N–H and O–H groups in total. The molecule has 0 aromatic heterocycles. The summed E-state index contributed by atoms with van der Waals surface area (Å²) in [6.45, 7) is 7.54. The van der Waals surface area contributed by atoms with Crippen LogP contribution in [0, 0.1) is 20.8 Å². The molecule has 1 amide bonds. The van der Waals surface area contributed by atoms with E-state index in [-0.39, 0.29) is 24.4 Å². The number of rotatable bonds is 3. The molecule has 1 aromatic rings. The molecule has 0 saturated carbocycles. The Morgan fingerprint density at radius 3 is 2.52 bits per heavy atom. The summed E-state index contributed by atoms with van der Waals surface area (Å²) in [5, 5.41) is 15.9. The molecular weight excluding hydrogens is 288 g/mol. The van der Waals surface area contributed by atoms with Gasteiger partial charge >= 0.3 is 0 Å². The van der Waals surface area contributed by atoms with Gasteiger partial charge in [-0.3, -0.25) is 4.79 Å². The highest BCUT2D eigenvalue weighted by atomic mass is 35.5. The lowest BCUT2D eigenvalue weighted by molar-refractivity contribution is -0.122. The lowest BCUT2D eigenvalue weighted by Crippen LogP contribution is -2.53. The van der Waals surface area contributed by atoms with Crippen LogP contribution in [0.4, 0.5) is 0 Å². The van der Waals surface area contributed by atoms with E-state index in [0.717, 1.165) is 29.7 Å². The first kappa shape index (κ1) is 18.0. The van der Waals surface area contributed by atoms with Gasteiger partial charge in [0.25, 0.3) is 0 Å². The Bertz CT molecular complexity index is 482. The van der Waals surface area contributed by atoms with Gasteiger partial charge in [0.05, 0.1) is 18.6 Å². The number of hydrogen-bond acceptors (Lipinski definition) is 3. The maximum atomic E-state index is 12.2. The van der Waals surface area contributed by atoms with E-state index in [1.165, 1.54) is 5.56 Å². The zero-order chi connectivity index (χ0) is 14.7. The van der Waals surface area contributed by atoms with Gasteiger partial charge in [-0.05, 0) is 50.4 Å². The molecule has 1 aliphatic rings. The fourth-order valence-corrected chi connectivity index (χ4v) is 2.92. The first-order valence-corrected chi connectivity index (χ1v) is 7.22. The Morgan fingerprint density at radius 2 is 1.95 bits per heavy atom. The van der Waals surface area contributed by atoms with Crippen LogP contribution >= 0.6 is 12.4 Å². The average molecular weight is 313 g/mol. The molecule has 2 atom stereocenters. The Balaban J connectivity index is 0.00000220. The predicted molar refractivity (Wildman–Crippen MR) is 87.0 cm³/mol. The quantitative estimate of drug-likeness (QED) is 0.791. The van der Waals surface area contributed by atoms with Crippen LogP contribution in [0.3, 0.4) is 0 Å². The second-order valence-electron chi connectivity index (χ2n) is 5.79. The highest BCUT2D eigenvalue weighted by Gasteiger charge is 2.24. The molecule has 118 valence electrons. The minimum absolute atomic E-state index is 0. The molecule has 1 aliphatic heterocycles. The van der Waals surface area contributed by atoms with Crippen molar-refractivity contribution in [2.75, 3.05) is 13.1 Å². The summed E-state index contributed by atoms with van der Waals surface area (Å²) < 4.78 is 0. The van der Waals surface area contributed by atoms with Crippen LogP contribution in [0.5, 0.6) is 0 Å². The summed E-state index contributed by atoms with van der Waals surface area (Å²) in [5.41, 5.74) is 4.63. The molecule has 0 unspecified atom stereocenters. The molecule has 4 nitrogen and oxygen atoms in total. The Labute approximate surface area is 132 Å². The van der Waals surface area contributed by atoms with Crippen molar-refractivity contribution >= 4 is 18.3 Å². The molecule has 1 aromatic carbocycles. The van der Waals surface area contributed by atoms with E-state index < -0.39 is 6.10 Å². The minimum atomic E-state index is -0.493. The Hall–Kier alpha value is -1.10. The van der Waals surface area contributed by atoms with E-state index in [2.05, 4.69) is 29.7 Å². The third-order valence-corrected chi connectivity index (χ3v) is 3.97. The second kappa shape index (κ2) is 7.78. The van der Waals surface area contributed by atoms with Gasteiger partial charge in [-0.2, -0.15) is 0 Å². The van der Waals surface area contributed by atoms with Crippen molar-refractivity contribution in [2.45, 2.75) is 45.8 Å². The molecule has 1 heterocycles. The number of amides is 1. The summed E-state index contributed by atoms with van der Waals surface area (Å²) in [7, 11) is 0. The number of halogens is 1. The van der Waals surface area contributed by atoms with E-state index in [9.17, 15) is 9.90 Å². The fraction of sp³-hybridized carbons (Fsp3) is 0.562. The lowest BCUT2D eigenvalue weighted by atomic mass is 9.96. The van der Waals surface area contributed by atoms with Crippen molar-refractivity contribution in [2.24, 2.45) is 0 Å². The van der Waals surface area contributed by atoms with Crippen molar-refractivity contribution < 1.29 is 9.90 Å². The van der Waals surface area contributed by atoms with E-state index in [4.69, 9.17) is 0 Å². The van der Waals surface area contributed by atoms with Gasteiger partial charge in [-0.25, -0.2) is 0 Å². The van der Waals surface area contributed by atoms with Crippen LogP contribution in [0.2, 0.25) is 0 Å². The molecule has 5 heteroatoms. The zero-order valence-electron chi connectivity index (χ0n) is 12.9.